The lowest BCUT2D eigenvalue weighted by Gasteiger charge is -2.17. The molecule has 0 aliphatic heterocycles. The molecule has 0 aromatic carbocycles. The molecule has 0 unspecified atom stereocenters. The van der Waals surface area contributed by atoms with E-state index in [-0.39, 0.29) is 0 Å². The van der Waals surface area contributed by atoms with Gasteiger partial charge in [0.1, 0.15) is 11.6 Å². The van der Waals surface area contributed by atoms with Crippen molar-refractivity contribution < 1.29 is 0 Å². The molecule has 3 rings (SSSR count). The lowest BCUT2D eigenvalue weighted by molar-refractivity contribution is 0.606. The molecule has 0 amide bonds. The topological polar surface area (TPSA) is 83.3 Å². The van der Waals surface area contributed by atoms with E-state index in [0.717, 1.165) is 29.1 Å². The van der Waals surface area contributed by atoms with E-state index < -0.39 is 0 Å². The summed E-state index contributed by atoms with van der Waals surface area (Å²) in [6.45, 7) is 3.06. The van der Waals surface area contributed by atoms with Gasteiger partial charge in [-0.05, 0) is 31.9 Å². The van der Waals surface area contributed by atoms with Crippen molar-refractivity contribution in [1.29, 1.82) is 0 Å². The molecule has 146 valence electrons. The van der Waals surface area contributed by atoms with Crippen molar-refractivity contribution in [3.8, 4) is 0 Å². The summed E-state index contributed by atoms with van der Waals surface area (Å²) in [6, 6.07) is 6.51. The summed E-state index contributed by atoms with van der Waals surface area (Å²) < 4.78 is 1.99. The Morgan fingerprint density at radius 1 is 1.26 bits per heavy atom. The number of hydrogen-bond acceptors (Lipinski definition) is 5. The average molecular weight is 371 g/mol. The fourth-order valence-corrected chi connectivity index (χ4v) is 3.15. The Bertz CT molecular complexity index is 774. The molecular formula is C19H30N8. The van der Waals surface area contributed by atoms with Crippen molar-refractivity contribution in [2.24, 2.45) is 12.0 Å². The molecule has 1 aliphatic carbocycles. The van der Waals surface area contributed by atoms with Crippen LogP contribution in [0.15, 0.2) is 23.2 Å². The Labute approximate surface area is 161 Å². The van der Waals surface area contributed by atoms with Gasteiger partial charge in [0.15, 0.2) is 11.8 Å². The number of aryl methyl sites for hydroxylation is 1. The normalized spacial score (nSPS) is 15.2. The first-order chi connectivity index (χ1) is 13.0. The summed E-state index contributed by atoms with van der Waals surface area (Å²) >= 11 is 0. The molecule has 8 nitrogen and oxygen atoms in total. The fourth-order valence-electron chi connectivity index (χ4n) is 3.15. The first-order valence-corrected chi connectivity index (χ1v) is 9.56. The smallest absolute Gasteiger partial charge is 0.192 e. The maximum absolute atomic E-state index is 4.77. The molecule has 1 aliphatic rings. The zero-order valence-electron chi connectivity index (χ0n) is 16.7. The van der Waals surface area contributed by atoms with Gasteiger partial charge in [-0.1, -0.05) is 18.9 Å². The second kappa shape index (κ2) is 8.83. The number of aliphatic imine (C=N–C) groups is 1. The third kappa shape index (κ3) is 5.18. The van der Waals surface area contributed by atoms with Crippen molar-refractivity contribution >= 4 is 11.8 Å². The maximum atomic E-state index is 4.77. The summed E-state index contributed by atoms with van der Waals surface area (Å²) in [5, 5.41) is 15.3. The molecule has 2 heterocycles. The predicted octanol–water partition coefficient (Wildman–Crippen LogP) is 1.76. The van der Waals surface area contributed by atoms with Crippen LogP contribution >= 0.6 is 0 Å². The molecule has 8 heteroatoms. The Morgan fingerprint density at radius 2 is 2.04 bits per heavy atom. The van der Waals surface area contributed by atoms with E-state index in [4.69, 9.17) is 4.99 Å². The zero-order chi connectivity index (χ0) is 19.2. The zero-order valence-corrected chi connectivity index (χ0v) is 16.7. The molecule has 2 aromatic heterocycles. The average Bonchev–Trinajstić information content (AvgIpc) is 3.28. The largest absolute Gasteiger partial charge is 0.363 e. The van der Waals surface area contributed by atoms with E-state index in [1.807, 2.05) is 55.7 Å². The number of aromatic nitrogens is 4. The Balaban J connectivity index is 1.69. The van der Waals surface area contributed by atoms with Crippen molar-refractivity contribution in [2.75, 3.05) is 19.0 Å². The van der Waals surface area contributed by atoms with Crippen LogP contribution in [0, 0.1) is 6.92 Å². The number of rotatable bonds is 6. The molecule has 1 saturated carbocycles. The summed E-state index contributed by atoms with van der Waals surface area (Å²) in [6.07, 6.45) is 4.94. The summed E-state index contributed by atoms with van der Waals surface area (Å²) in [5.41, 5.74) is 0.947. The van der Waals surface area contributed by atoms with E-state index in [2.05, 4.69) is 25.8 Å². The van der Waals surface area contributed by atoms with Gasteiger partial charge in [0, 0.05) is 27.2 Å². The molecule has 2 N–H and O–H groups in total. The van der Waals surface area contributed by atoms with Crippen molar-refractivity contribution in [3.05, 3.63) is 35.5 Å². The number of pyridine rings is 1. The predicted molar refractivity (Wildman–Crippen MR) is 108 cm³/mol. The highest BCUT2D eigenvalue weighted by Gasteiger charge is 2.16. The van der Waals surface area contributed by atoms with Gasteiger partial charge in [0.25, 0.3) is 0 Å². The number of guanidine groups is 1. The van der Waals surface area contributed by atoms with Gasteiger partial charge in [-0.2, -0.15) is 0 Å². The van der Waals surface area contributed by atoms with Gasteiger partial charge >= 0.3 is 0 Å². The monoisotopic (exact) mass is 370 g/mol. The summed E-state index contributed by atoms with van der Waals surface area (Å²) in [5.74, 6) is 3.54. The molecule has 1 fully saturated rings. The van der Waals surface area contributed by atoms with E-state index in [1.54, 1.807) is 0 Å². The van der Waals surface area contributed by atoms with E-state index in [1.165, 1.54) is 25.7 Å². The number of hydrogen-bond donors (Lipinski definition) is 2. The van der Waals surface area contributed by atoms with Crippen LogP contribution in [0.2, 0.25) is 0 Å². The van der Waals surface area contributed by atoms with Gasteiger partial charge < -0.3 is 20.1 Å². The maximum Gasteiger partial charge on any atom is 0.192 e. The van der Waals surface area contributed by atoms with Gasteiger partial charge in [-0.3, -0.25) is 0 Å². The molecule has 0 atom stereocenters. The van der Waals surface area contributed by atoms with Gasteiger partial charge in [-0.25, -0.2) is 9.98 Å². The van der Waals surface area contributed by atoms with Crippen molar-refractivity contribution in [3.63, 3.8) is 0 Å². The quantitative estimate of drug-likeness (QED) is 0.596. The molecule has 0 radical (unpaired) electrons. The first-order valence-electron chi connectivity index (χ1n) is 9.56. The lowest BCUT2D eigenvalue weighted by atomic mass is 10.2. The summed E-state index contributed by atoms with van der Waals surface area (Å²) in [4.78, 5) is 11.4. The number of anilines is 1. The minimum absolute atomic E-state index is 0.485. The van der Waals surface area contributed by atoms with Crippen LogP contribution in [0.25, 0.3) is 0 Å². The van der Waals surface area contributed by atoms with Crippen LogP contribution in [0.5, 0.6) is 0 Å². The third-order valence-corrected chi connectivity index (χ3v) is 4.94. The van der Waals surface area contributed by atoms with Gasteiger partial charge in [0.2, 0.25) is 0 Å². The Hall–Kier alpha value is -2.64. The van der Waals surface area contributed by atoms with E-state index in [9.17, 15) is 0 Å². The third-order valence-electron chi connectivity index (χ3n) is 4.94. The van der Waals surface area contributed by atoms with Crippen LogP contribution < -0.4 is 15.5 Å². The van der Waals surface area contributed by atoms with Crippen LogP contribution in [0.3, 0.4) is 0 Å². The molecule has 2 aromatic rings. The molecular weight excluding hydrogens is 340 g/mol. The van der Waals surface area contributed by atoms with Crippen LogP contribution in [0.1, 0.15) is 43.0 Å². The lowest BCUT2D eigenvalue weighted by Crippen LogP contribution is -2.42. The number of nitrogens with zero attached hydrogens (tertiary/aromatic N) is 6. The second-order valence-electron chi connectivity index (χ2n) is 7.25. The number of nitrogens with one attached hydrogen (secondary N) is 2. The summed E-state index contributed by atoms with van der Waals surface area (Å²) in [7, 11) is 5.96. The minimum Gasteiger partial charge on any atom is -0.363 e. The van der Waals surface area contributed by atoms with Crippen LogP contribution in [-0.4, -0.2) is 45.8 Å². The SMILES string of the molecule is Cc1nnc(CNC(=NCc2cccc(N(C)C)n2)NC2CCCC2)n1C. The molecule has 0 saturated heterocycles. The van der Waals surface area contributed by atoms with Gasteiger partial charge in [-0.15, -0.1) is 10.2 Å². The van der Waals surface area contributed by atoms with E-state index >= 15 is 0 Å². The Kier molecular flexibility index (Phi) is 6.26. The van der Waals surface area contributed by atoms with E-state index in [0.29, 0.717) is 19.1 Å². The van der Waals surface area contributed by atoms with Crippen molar-refractivity contribution in [2.45, 2.75) is 51.7 Å². The second-order valence-corrected chi connectivity index (χ2v) is 7.25. The molecule has 0 spiro atoms. The molecule has 27 heavy (non-hydrogen) atoms. The van der Waals surface area contributed by atoms with Crippen molar-refractivity contribution in [1.82, 2.24) is 30.4 Å². The highest BCUT2D eigenvalue weighted by atomic mass is 15.3. The first kappa shape index (κ1) is 19.1. The highest BCUT2D eigenvalue weighted by Crippen LogP contribution is 2.17. The highest BCUT2D eigenvalue weighted by molar-refractivity contribution is 5.80. The Morgan fingerprint density at radius 3 is 2.70 bits per heavy atom. The van der Waals surface area contributed by atoms with Crippen LogP contribution in [-0.2, 0) is 20.1 Å². The standard InChI is InChI=1S/C19H30N8/c1-14-24-25-18(27(14)4)13-21-19(23-15-8-5-6-9-15)20-12-16-10-7-11-17(22-16)26(2)3/h7,10-11,15H,5-6,8-9,12-13H2,1-4H3,(H2,20,21,23). The molecule has 0 bridgehead atoms. The fraction of sp³-hybridized carbons (Fsp3) is 0.579. The van der Waals surface area contributed by atoms with Gasteiger partial charge in [0.05, 0.1) is 18.8 Å². The minimum atomic E-state index is 0.485. The van der Waals surface area contributed by atoms with Crippen LogP contribution in [0.4, 0.5) is 5.82 Å².